The van der Waals surface area contributed by atoms with Gasteiger partial charge in [0.05, 0.1) is 11.3 Å². The van der Waals surface area contributed by atoms with Crippen molar-refractivity contribution in [1.82, 2.24) is 19.7 Å². The molecule has 3 rings (SSSR count). The molecule has 7 nitrogen and oxygen atoms in total. The molecule has 11 heteroatoms. The highest BCUT2D eigenvalue weighted by Gasteiger charge is 2.30. The number of benzene rings is 1. The largest absolute Gasteiger partial charge is 0.462 e. The van der Waals surface area contributed by atoms with Crippen LogP contribution in [0.1, 0.15) is 51.9 Å². The van der Waals surface area contributed by atoms with E-state index in [4.69, 9.17) is 11.6 Å². The zero-order chi connectivity index (χ0) is 26.2. The number of hydrogen-bond donors (Lipinski definition) is 1. The van der Waals surface area contributed by atoms with E-state index in [1.807, 2.05) is 20.8 Å². The van der Waals surface area contributed by atoms with Crippen molar-refractivity contribution in [3.05, 3.63) is 63.4 Å². The van der Waals surface area contributed by atoms with E-state index in [9.17, 15) is 22.8 Å². The maximum absolute atomic E-state index is 12.9. The molecule has 35 heavy (non-hydrogen) atoms. The summed E-state index contributed by atoms with van der Waals surface area (Å²) in [6, 6.07) is 7.10. The third kappa shape index (κ3) is 8.07. The van der Waals surface area contributed by atoms with Gasteiger partial charge in [-0.05, 0) is 57.5 Å². The maximum atomic E-state index is 12.9. The first-order valence-corrected chi connectivity index (χ1v) is 11.0. The Balaban J connectivity index is 0.000000540. The zero-order valence-electron chi connectivity index (χ0n) is 19.7. The number of nitrogens with zero attached hydrogens (tertiary/aromatic N) is 3. The number of aromatic nitrogens is 3. The number of carbonyl (C=O) groups is 1. The standard InChI is InChI=1S/C19H16ClF3N4O.C5H10O2/c1-2-26-18(28)27(16-8-6-14(7-9-16)19(21,22)23)17(25-26)13-5-3-4-10-24-12-15(20)11-13;1-5(2,3)7-4-6/h5-9,12,24H,2-3,11H2,1H3;4H,1-3H3/b13-5+,15-12+;. The first kappa shape index (κ1) is 27.8. The van der Waals surface area contributed by atoms with E-state index >= 15 is 0 Å². The van der Waals surface area contributed by atoms with Crippen LogP contribution in [0.5, 0.6) is 0 Å². The second-order valence-electron chi connectivity index (χ2n) is 8.28. The molecule has 0 saturated heterocycles. The van der Waals surface area contributed by atoms with E-state index < -0.39 is 17.4 Å². The predicted octanol–water partition coefficient (Wildman–Crippen LogP) is 4.84. The molecule has 2 heterocycles. The lowest BCUT2D eigenvalue weighted by molar-refractivity contribution is -0.139. The second kappa shape index (κ2) is 11.8. The Kier molecular flexibility index (Phi) is 9.37. The monoisotopic (exact) mass is 510 g/mol. The summed E-state index contributed by atoms with van der Waals surface area (Å²) in [6.07, 6.45) is -0.410. The summed E-state index contributed by atoms with van der Waals surface area (Å²) in [5.41, 5.74) is -0.604. The Labute approximate surface area is 206 Å². The van der Waals surface area contributed by atoms with Crippen LogP contribution in [-0.4, -0.2) is 26.4 Å². The summed E-state index contributed by atoms with van der Waals surface area (Å²) in [7, 11) is 0. The summed E-state index contributed by atoms with van der Waals surface area (Å²) in [4.78, 5) is 22.4. The van der Waals surface area contributed by atoms with Gasteiger partial charge in [0.15, 0.2) is 5.82 Å². The summed E-state index contributed by atoms with van der Waals surface area (Å²) in [5, 5.41) is 7.57. The normalized spacial score (nSPS) is 16.8. The summed E-state index contributed by atoms with van der Waals surface area (Å²) in [6.45, 7) is 8.00. The second-order valence-corrected chi connectivity index (χ2v) is 8.76. The molecule has 1 aliphatic rings. The van der Waals surface area contributed by atoms with Crippen LogP contribution >= 0.6 is 11.6 Å². The molecule has 0 radical (unpaired) electrons. The smallest absolute Gasteiger partial charge is 0.416 e. The Morgan fingerprint density at radius 1 is 1.23 bits per heavy atom. The van der Waals surface area contributed by atoms with Gasteiger partial charge in [-0.1, -0.05) is 23.6 Å². The molecule has 0 aliphatic carbocycles. The Morgan fingerprint density at radius 2 is 1.89 bits per heavy atom. The van der Waals surface area contributed by atoms with Gasteiger partial charge in [0.25, 0.3) is 6.47 Å². The number of carbonyl (C=O) groups excluding carboxylic acids is 1. The van der Waals surface area contributed by atoms with Crippen LogP contribution in [0.4, 0.5) is 13.2 Å². The minimum absolute atomic E-state index is 0.290. The van der Waals surface area contributed by atoms with Crippen molar-refractivity contribution in [3.8, 4) is 17.7 Å². The molecule has 0 saturated carbocycles. The average Bonchev–Trinajstić information content (AvgIpc) is 3.14. The van der Waals surface area contributed by atoms with E-state index in [0.29, 0.717) is 42.3 Å². The van der Waals surface area contributed by atoms with Crippen LogP contribution in [0, 0.1) is 12.0 Å². The molecule has 2 aromatic rings. The van der Waals surface area contributed by atoms with Gasteiger partial charge in [-0.3, -0.25) is 4.79 Å². The highest BCUT2D eigenvalue weighted by molar-refractivity contribution is 6.30. The van der Waals surface area contributed by atoms with E-state index in [2.05, 4.69) is 27.1 Å². The minimum Gasteiger partial charge on any atom is -0.462 e. The molecule has 0 spiro atoms. The lowest BCUT2D eigenvalue weighted by Gasteiger charge is -2.14. The Hall–Kier alpha value is -3.45. The number of allylic oxidation sites excluding steroid dienone is 3. The van der Waals surface area contributed by atoms with Crippen molar-refractivity contribution < 1.29 is 22.7 Å². The molecule has 1 aromatic heterocycles. The van der Waals surface area contributed by atoms with Gasteiger partial charge in [0.1, 0.15) is 5.60 Å². The van der Waals surface area contributed by atoms with Crippen LogP contribution in [0.2, 0.25) is 0 Å². The first-order chi connectivity index (χ1) is 16.4. The first-order valence-electron chi connectivity index (χ1n) is 10.6. The van der Waals surface area contributed by atoms with Crippen LogP contribution in [-0.2, 0) is 22.3 Å². The molecule has 0 unspecified atom stereocenters. The van der Waals surface area contributed by atoms with Gasteiger partial charge in [-0.25, -0.2) is 14.0 Å². The van der Waals surface area contributed by atoms with Crippen LogP contribution < -0.4 is 11.0 Å². The fourth-order valence-electron chi connectivity index (χ4n) is 2.86. The third-order valence-electron chi connectivity index (χ3n) is 4.48. The van der Waals surface area contributed by atoms with Crippen LogP contribution in [0.25, 0.3) is 11.3 Å². The van der Waals surface area contributed by atoms with Crippen molar-refractivity contribution in [1.29, 1.82) is 0 Å². The molecule has 0 amide bonds. The average molecular weight is 511 g/mol. The van der Waals surface area contributed by atoms with Crippen molar-refractivity contribution >= 4 is 23.6 Å². The van der Waals surface area contributed by atoms with Gasteiger partial charge in [-0.2, -0.15) is 13.2 Å². The van der Waals surface area contributed by atoms with E-state index in [1.54, 1.807) is 19.2 Å². The molecule has 1 aromatic carbocycles. The lowest BCUT2D eigenvalue weighted by atomic mass is 10.1. The van der Waals surface area contributed by atoms with E-state index in [1.165, 1.54) is 21.4 Å². The molecular formula is C24H26ClF3N4O3. The highest BCUT2D eigenvalue weighted by Crippen LogP contribution is 2.30. The quantitative estimate of drug-likeness (QED) is 0.470. The van der Waals surface area contributed by atoms with Crippen LogP contribution in [0.15, 0.2) is 46.4 Å². The van der Waals surface area contributed by atoms with E-state index in [0.717, 1.165) is 12.1 Å². The minimum atomic E-state index is -4.45. The topological polar surface area (TPSA) is 78.2 Å². The number of hydrogen-bond acceptors (Lipinski definition) is 5. The van der Waals surface area contributed by atoms with Gasteiger partial charge in [0.2, 0.25) is 0 Å². The predicted molar refractivity (Wildman–Crippen MR) is 127 cm³/mol. The molecule has 0 bridgehead atoms. The number of halogens is 4. The number of aryl methyl sites for hydroxylation is 1. The molecule has 0 fully saturated rings. The van der Waals surface area contributed by atoms with Gasteiger partial charge in [0, 0.05) is 36.7 Å². The van der Waals surface area contributed by atoms with Crippen molar-refractivity contribution in [2.24, 2.45) is 0 Å². The van der Waals surface area contributed by atoms with Gasteiger partial charge in [-0.15, -0.1) is 5.10 Å². The Morgan fingerprint density at radius 3 is 2.40 bits per heavy atom. The molecule has 1 aliphatic heterocycles. The molecule has 1 N–H and O–H groups in total. The van der Waals surface area contributed by atoms with Crippen LogP contribution in [0.3, 0.4) is 0 Å². The number of rotatable bonds is 4. The maximum Gasteiger partial charge on any atom is 0.416 e. The summed E-state index contributed by atoms with van der Waals surface area (Å²) >= 11 is 6.20. The summed E-state index contributed by atoms with van der Waals surface area (Å²) in [5.74, 6) is 3.20. The highest BCUT2D eigenvalue weighted by atomic mass is 35.5. The van der Waals surface area contributed by atoms with Crippen molar-refractivity contribution in [2.75, 3.05) is 0 Å². The number of nitrogens with one attached hydrogen (secondary N) is 1. The zero-order valence-corrected chi connectivity index (χ0v) is 20.5. The summed E-state index contributed by atoms with van der Waals surface area (Å²) < 4.78 is 45.7. The van der Waals surface area contributed by atoms with Gasteiger partial charge >= 0.3 is 11.9 Å². The molecule has 0 atom stereocenters. The van der Waals surface area contributed by atoms with Gasteiger partial charge < -0.3 is 10.1 Å². The fourth-order valence-corrected chi connectivity index (χ4v) is 3.06. The third-order valence-corrected chi connectivity index (χ3v) is 4.72. The Bertz CT molecular complexity index is 1210. The van der Waals surface area contributed by atoms with Crippen molar-refractivity contribution in [3.63, 3.8) is 0 Å². The number of alkyl halides is 3. The van der Waals surface area contributed by atoms with E-state index in [-0.39, 0.29) is 11.3 Å². The SMILES string of the molecule is CC(C)(C)OC=O.CCn1nc(/C2=C/CC#CN/C=C(/Cl)C2)n(-c2ccc(C(F)(F)F)cc2)c1=O. The fraction of sp³-hybridized carbons (Fsp3) is 0.375. The number of ether oxygens (including phenoxy) is 1. The molecular weight excluding hydrogens is 485 g/mol. The lowest BCUT2D eigenvalue weighted by Crippen LogP contribution is -2.23. The molecule has 188 valence electrons. The van der Waals surface area contributed by atoms with Crippen molar-refractivity contribution in [2.45, 2.75) is 58.9 Å².